The van der Waals surface area contributed by atoms with Crippen LogP contribution >= 0.6 is 11.3 Å². The minimum atomic E-state index is -0.683. The molecule has 1 amide bonds. The maximum atomic E-state index is 14.0. The predicted molar refractivity (Wildman–Crippen MR) is 153 cm³/mol. The molecule has 1 N–H and O–H groups in total. The molecule has 1 aromatic heterocycles. The van der Waals surface area contributed by atoms with Crippen LogP contribution in [0, 0.1) is 12.8 Å². The van der Waals surface area contributed by atoms with Crippen molar-refractivity contribution in [1.29, 1.82) is 0 Å². The van der Waals surface area contributed by atoms with E-state index in [4.69, 9.17) is 4.74 Å². The minimum absolute atomic E-state index is 0.0132. The highest BCUT2D eigenvalue weighted by Gasteiger charge is 2.43. The van der Waals surface area contributed by atoms with Crippen LogP contribution in [0.3, 0.4) is 0 Å². The number of aliphatic hydroxyl groups is 1. The van der Waals surface area contributed by atoms with Gasteiger partial charge in [-0.05, 0) is 53.6 Å². The van der Waals surface area contributed by atoms with Crippen LogP contribution in [0.5, 0.6) is 5.75 Å². The van der Waals surface area contributed by atoms with Gasteiger partial charge in [-0.2, -0.15) is 0 Å². The molecule has 0 spiro atoms. The number of hydrogen-bond donors (Lipinski definition) is 1. The van der Waals surface area contributed by atoms with E-state index in [0.29, 0.717) is 32.4 Å². The lowest BCUT2D eigenvalue weighted by atomic mass is 9.98. The number of hydrogen-bond acceptors (Lipinski definition) is 7. The van der Waals surface area contributed by atoms with Gasteiger partial charge in [-0.3, -0.25) is 14.5 Å². The van der Waals surface area contributed by atoms with Gasteiger partial charge < -0.3 is 14.7 Å². The van der Waals surface area contributed by atoms with E-state index in [1.807, 2.05) is 38.4 Å². The third-order valence-electron chi connectivity index (χ3n) is 7.99. The average molecular weight is 548 g/mol. The van der Waals surface area contributed by atoms with E-state index >= 15 is 0 Å². The van der Waals surface area contributed by atoms with E-state index in [-0.39, 0.29) is 30.2 Å². The van der Waals surface area contributed by atoms with Gasteiger partial charge in [0.15, 0.2) is 5.78 Å². The molecule has 1 saturated heterocycles. The quantitative estimate of drug-likeness (QED) is 0.421. The summed E-state index contributed by atoms with van der Waals surface area (Å²) in [6.45, 7) is 7.65. The number of nitrogens with zero attached hydrogens (tertiary/aromatic N) is 3. The van der Waals surface area contributed by atoms with Gasteiger partial charge in [0.05, 0.1) is 41.4 Å². The number of rotatable bonds is 9. The zero-order valence-electron chi connectivity index (χ0n) is 23.1. The first-order valence-corrected chi connectivity index (χ1v) is 14.5. The molecule has 0 aliphatic carbocycles. The summed E-state index contributed by atoms with van der Waals surface area (Å²) in [6.07, 6.45) is 0.557. The number of aryl methyl sites for hydroxylation is 2. The third kappa shape index (κ3) is 5.78. The Hall–Kier alpha value is -3.07. The SMILES string of the molecule is COc1ccc2c(c1)CN([C@H](C(=O)N1C[C@H](O)C[C@H]1C(=O)CCc1ccc(-c3scnc3C)cc1)C(C)C)C2. The standard InChI is InChI=1S/C31H37N3O4S/c1-19(2)29(33-15-23-10-11-26(38-4)13-24(23)16-33)31(37)34-17-25(35)14-27(34)28(36)12-7-21-5-8-22(9-6-21)30-20(3)32-18-39-30/h5-6,8-11,13,18-19,25,27,29,35H,7,12,14-17H2,1-4H3/t25-,27+,29+/m1/s1. The molecule has 7 nitrogen and oxygen atoms in total. The molecule has 0 unspecified atom stereocenters. The van der Waals surface area contributed by atoms with Crippen LogP contribution in [0.1, 0.15) is 49.1 Å². The number of methoxy groups -OCH3 is 1. The maximum absolute atomic E-state index is 14.0. The fraction of sp³-hybridized carbons (Fsp3) is 0.452. The Balaban J connectivity index is 1.25. The van der Waals surface area contributed by atoms with Crippen LogP contribution in [0.4, 0.5) is 0 Å². The molecule has 39 heavy (non-hydrogen) atoms. The number of amides is 1. The first-order chi connectivity index (χ1) is 18.7. The van der Waals surface area contributed by atoms with Crippen LogP contribution in [-0.2, 0) is 29.1 Å². The molecule has 3 atom stereocenters. The maximum Gasteiger partial charge on any atom is 0.240 e. The number of thiazole rings is 1. The molecule has 2 aromatic carbocycles. The summed E-state index contributed by atoms with van der Waals surface area (Å²) >= 11 is 1.62. The Morgan fingerprint density at radius 2 is 1.87 bits per heavy atom. The van der Waals surface area contributed by atoms with Gasteiger partial charge in [-0.15, -0.1) is 11.3 Å². The third-order valence-corrected chi connectivity index (χ3v) is 8.97. The molecule has 2 aliphatic heterocycles. The molecular formula is C31H37N3O4S. The highest BCUT2D eigenvalue weighted by Crippen LogP contribution is 2.32. The van der Waals surface area contributed by atoms with E-state index in [1.54, 1.807) is 23.3 Å². The molecular weight excluding hydrogens is 510 g/mol. The molecule has 3 aromatic rings. The number of Topliss-reactive ketones (excluding diaryl/α,β-unsaturated/α-hetero) is 1. The number of carbonyl (C=O) groups is 2. The first-order valence-electron chi connectivity index (χ1n) is 13.7. The lowest BCUT2D eigenvalue weighted by molar-refractivity contribution is -0.144. The van der Waals surface area contributed by atoms with E-state index in [2.05, 4.69) is 40.2 Å². The van der Waals surface area contributed by atoms with Crippen LogP contribution in [0.15, 0.2) is 48.0 Å². The second-order valence-corrected chi connectivity index (χ2v) is 11.9. The Labute approximate surface area is 234 Å². The minimum Gasteiger partial charge on any atom is -0.497 e. The number of aromatic nitrogens is 1. The number of carbonyl (C=O) groups excluding carboxylic acids is 2. The van der Waals surface area contributed by atoms with Crippen molar-refractivity contribution in [3.05, 3.63) is 70.4 Å². The summed E-state index contributed by atoms with van der Waals surface area (Å²) in [5, 5.41) is 10.5. The predicted octanol–water partition coefficient (Wildman–Crippen LogP) is 4.63. The lowest BCUT2D eigenvalue weighted by Gasteiger charge is -2.35. The van der Waals surface area contributed by atoms with Gasteiger partial charge in [-0.1, -0.05) is 44.2 Å². The molecule has 1 fully saturated rings. The number of ketones is 1. The highest BCUT2D eigenvalue weighted by atomic mass is 32.1. The Kier molecular flexibility index (Phi) is 8.16. The van der Waals surface area contributed by atoms with Crippen molar-refractivity contribution in [2.75, 3.05) is 13.7 Å². The fourth-order valence-electron chi connectivity index (χ4n) is 5.95. The number of ether oxygens (including phenoxy) is 1. The van der Waals surface area contributed by atoms with E-state index < -0.39 is 12.1 Å². The monoisotopic (exact) mass is 547 g/mol. The number of fused-ring (bicyclic) bond motifs is 1. The number of benzene rings is 2. The summed E-state index contributed by atoms with van der Waals surface area (Å²) in [5.74, 6) is 0.815. The topological polar surface area (TPSA) is 83.0 Å². The van der Waals surface area contributed by atoms with Gasteiger partial charge in [0.25, 0.3) is 0 Å². The largest absolute Gasteiger partial charge is 0.497 e. The first kappa shape index (κ1) is 27.5. The molecule has 2 aliphatic rings. The van der Waals surface area contributed by atoms with E-state index in [9.17, 15) is 14.7 Å². The van der Waals surface area contributed by atoms with Crippen molar-refractivity contribution in [1.82, 2.24) is 14.8 Å². The highest BCUT2D eigenvalue weighted by molar-refractivity contribution is 7.13. The molecule has 0 saturated carbocycles. The molecule has 5 rings (SSSR count). The second kappa shape index (κ2) is 11.6. The van der Waals surface area contributed by atoms with Gasteiger partial charge in [0.1, 0.15) is 5.75 Å². The number of likely N-dealkylation sites (tertiary alicyclic amines) is 1. The summed E-state index contributed by atoms with van der Waals surface area (Å²) in [5.41, 5.74) is 7.44. The van der Waals surface area contributed by atoms with Crippen LogP contribution < -0.4 is 4.74 Å². The van der Waals surface area contributed by atoms with Gasteiger partial charge in [0, 0.05) is 32.5 Å². The van der Waals surface area contributed by atoms with Crippen molar-refractivity contribution < 1.29 is 19.4 Å². The van der Waals surface area contributed by atoms with Crippen molar-refractivity contribution in [3.8, 4) is 16.2 Å². The Morgan fingerprint density at radius 1 is 1.13 bits per heavy atom. The number of β-amino-alcohol motifs (C(OH)–C–C–N with tert-alkyl or cyclic N) is 1. The van der Waals surface area contributed by atoms with Crippen molar-refractivity contribution in [3.63, 3.8) is 0 Å². The van der Waals surface area contributed by atoms with Gasteiger partial charge >= 0.3 is 0 Å². The van der Waals surface area contributed by atoms with Crippen molar-refractivity contribution >= 4 is 23.0 Å². The summed E-state index contributed by atoms with van der Waals surface area (Å²) < 4.78 is 5.38. The van der Waals surface area contributed by atoms with Gasteiger partial charge in [-0.25, -0.2) is 4.98 Å². The lowest BCUT2D eigenvalue weighted by Crippen LogP contribution is -2.52. The van der Waals surface area contributed by atoms with E-state index in [0.717, 1.165) is 27.4 Å². The fourth-order valence-corrected chi connectivity index (χ4v) is 6.76. The Morgan fingerprint density at radius 3 is 2.54 bits per heavy atom. The summed E-state index contributed by atoms with van der Waals surface area (Å²) in [7, 11) is 1.66. The average Bonchev–Trinajstić information content (AvgIpc) is 3.64. The Bertz CT molecular complexity index is 1340. The van der Waals surface area contributed by atoms with Crippen molar-refractivity contribution in [2.45, 2.75) is 71.3 Å². The smallest absolute Gasteiger partial charge is 0.240 e. The van der Waals surface area contributed by atoms with Crippen LogP contribution in [-0.4, -0.2) is 63.4 Å². The molecule has 206 valence electrons. The zero-order chi connectivity index (χ0) is 27.7. The van der Waals surface area contributed by atoms with E-state index in [1.165, 1.54) is 11.1 Å². The number of aliphatic hydroxyl groups excluding tert-OH is 1. The molecule has 0 radical (unpaired) electrons. The van der Waals surface area contributed by atoms with Crippen molar-refractivity contribution in [2.24, 2.45) is 5.92 Å². The summed E-state index contributed by atoms with van der Waals surface area (Å²) in [6, 6.07) is 13.4. The second-order valence-electron chi connectivity index (χ2n) is 11.1. The van der Waals surface area contributed by atoms with Crippen LogP contribution in [0.2, 0.25) is 0 Å². The molecule has 0 bridgehead atoms. The summed E-state index contributed by atoms with van der Waals surface area (Å²) in [4.78, 5) is 36.7. The normalized spacial score (nSPS) is 19.9. The van der Waals surface area contributed by atoms with Crippen LogP contribution in [0.25, 0.3) is 10.4 Å². The molecule has 8 heteroatoms. The zero-order valence-corrected chi connectivity index (χ0v) is 23.9. The van der Waals surface area contributed by atoms with Gasteiger partial charge in [0.2, 0.25) is 5.91 Å². The molecule has 3 heterocycles.